The number of rotatable bonds is 6. The zero-order valence-electron chi connectivity index (χ0n) is 11.5. The first-order chi connectivity index (χ1) is 8.79. The second-order valence-corrected chi connectivity index (χ2v) is 4.98. The molecule has 2 nitrogen and oxygen atoms in total. The highest BCUT2D eigenvalue weighted by molar-refractivity contribution is 5.39. The normalized spacial score (nSPS) is 14.4. The third kappa shape index (κ3) is 3.61. The number of nitrogens with one attached hydrogen (secondary N) is 1. The Balaban J connectivity index is 1.85. The molecular weight excluding hydrogens is 222 g/mol. The summed E-state index contributed by atoms with van der Waals surface area (Å²) in [5, 5.41) is 3.17. The van der Waals surface area contributed by atoms with Crippen molar-refractivity contribution in [1.29, 1.82) is 0 Å². The molecule has 0 aromatic heterocycles. The van der Waals surface area contributed by atoms with Gasteiger partial charge in [0.1, 0.15) is 5.75 Å². The van der Waals surface area contributed by atoms with E-state index < -0.39 is 0 Å². The average molecular weight is 245 g/mol. The van der Waals surface area contributed by atoms with E-state index in [9.17, 15) is 0 Å². The molecule has 1 aliphatic heterocycles. The summed E-state index contributed by atoms with van der Waals surface area (Å²) in [6.45, 7) is 4.14. The summed E-state index contributed by atoms with van der Waals surface area (Å²) in [6, 6.07) is 6.63. The van der Waals surface area contributed by atoms with E-state index in [0.29, 0.717) is 0 Å². The SMILES string of the molecule is CNCCC=C(C)CCc1ccc2c(c1)CCO2. The van der Waals surface area contributed by atoms with Crippen molar-refractivity contribution in [2.75, 3.05) is 20.2 Å². The molecule has 18 heavy (non-hydrogen) atoms. The number of allylic oxidation sites excluding steroid dienone is 1. The maximum Gasteiger partial charge on any atom is 0.122 e. The zero-order chi connectivity index (χ0) is 12.8. The van der Waals surface area contributed by atoms with Crippen molar-refractivity contribution in [3.63, 3.8) is 0 Å². The summed E-state index contributed by atoms with van der Waals surface area (Å²) in [4.78, 5) is 0. The van der Waals surface area contributed by atoms with Crippen LogP contribution in [0.5, 0.6) is 5.75 Å². The molecule has 0 unspecified atom stereocenters. The van der Waals surface area contributed by atoms with E-state index in [2.05, 4.69) is 36.5 Å². The van der Waals surface area contributed by atoms with E-state index in [1.54, 1.807) is 0 Å². The largest absolute Gasteiger partial charge is 0.493 e. The van der Waals surface area contributed by atoms with Crippen LogP contribution in [0.15, 0.2) is 29.8 Å². The van der Waals surface area contributed by atoms with Crippen LogP contribution in [0.4, 0.5) is 0 Å². The second kappa shape index (κ2) is 6.60. The Morgan fingerprint density at radius 2 is 2.33 bits per heavy atom. The van der Waals surface area contributed by atoms with Crippen LogP contribution in [0, 0.1) is 0 Å². The molecule has 0 saturated carbocycles. The highest BCUT2D eigenvalue weighted by Crippen LogP contribution is 2.26. The van der Waals surface area contributed by atoms with Gasteiger partial charge in [-0.2, -0.15) is 0 Å². The van der Waals surface area contributed by atoms with Gasteiger partial charge in [0.15, 0.2) is 0 Å². The van der Waals surface area contributed by atoms with Crippen LogP contribution in [0.1, 0.15) is 30.9 Å². The van der Waals surface area contributed by atoms with Gasteiger partial charge in [-0.25, -0.2) is 0 Å². The predicted molar refractivity (Wildman–Crippen MR) is 76.3 cm³/mol. The van der Waals surface area contributed by atoms with Crippen LogP contribution < -0.4 is 10.1 Å². The molecule has 1 N–H and O–H groups in total. The second-order valence-electron chi connectivity index (χ2n) is 4.98. The van der Waals surface area contributed by atoms with Gasteiger partial charge in [0, 0.05) is 6.42 Å². The highest BCUT2D eigenvalue weighted by Gasteiger charge is 2.11. The molecule has 0 bridgehead atoms. The van der Waals surface area contributed by atoms with Gasteiger partial charge in [-0.1, -0.05) is 23.8 Å². The summed E-state index contributed by atoms with van der Waals surface area (Å²) < 4.78 is 5.53. The third-order valence-electron chi connectivity index (χ3n) is 3.45. The Morgan fingerprint density at radius 1 is 1.44 bits per heavy atom. The number of hydrogen-bond donors (Lipinski definition) is 1. The molecule has 2 rings (SSSR count). The Labute approximate surface area is 110 Å². The first-order valence-electron chi connectivity index (χ1n) is 6.84. The lowest BCUT2D eigenvalue weighted by Gasteiger charge is -2.05. The Kier molecular flexibility index (Phi) is 4.82. The van der Waals surface area contributed by atoms with E-state index in [0.717, 1.165) is 44.6 Å². The molecule has 0 radical (unpaired) electrons. The molecule has 0 amide bonds. The Morgan fingerprint density at radius 3 is 3.17 bits per heavy atom. The molecule has 1 aromatic carbocycles. The van der Waals surface area contributed by atoms with Crippen LogP contribution in [0.25, 0.3) is 0 Å². The highest BCUT2D eigenvalue weighted by atomic mass is 16.5. The van der Waals surface area contributed by atoms with Crippen molar-refractivity contribution in [2.24, 2.45) is 0 Å². The molecule has 1 aliphatic rings. The lowest BCUT2D eigenvalue weighted by atomic mass is 10.0. The van der Waals surface area contributed by atoms with Crippen molar-refractivity contribution in [2.45, 2.75) is 32.6 Å². The quantitative estimate of drug-likeness (QED) is 0.614. The van der Waals surface area contributed by atoms with Crippen LogP contribution in [-0.4, -0.2) is 20.2 Å². The smallest absolute Gasteiger partial charge is 0.122 e. The fourth-order valence-corrected chi connectivity index (χ4v) is 2.30. The fraction of sp³-hybridized carbons (Fsp3) is 0.500. The summed E-state index contributed by atoms with van der Waals surface area (Å²) in [7, 11) is 2.00. The Bertz CT molecular complexity index is 423. The summed E-state index contributed by atoms with van der Waals surface area (Å²) in [5.41, 5.74) is 4.30. The van der Waals surface area contributed by atoms with Crippen molar-refractivity contribution < 1.29 is 4.74 Å². The van der Waals surface area contributed by atoms with Crippen LogP contribution in [-0.2, 0) is 12.8 Å². The average Bonchev–Trinajstić information content (AvgIpc) is 2.84. The van der Waals surface area contributed by atoms with Crippen LogP contribution >= 0.6 is 0 Å². The van der Waals surface area contributed by atoms with E-state index in [1.807, 2.05) is 7.05 Å². The van der Waals surface area contributed by atoms with Gasteiger partial charge in [-0.3, -0.25) is 0 Å². The number of aryl methyl sites for hydroxylation is 1. The van der Waals surface area contributed by atoms with Gasteiger partial charge < -0.3 is 10.1 Å². The van der Waals surface area contributed by atoms with E-state index in [4.69, 9.17) is 4.74 Å². The maximum atomic E-state index is 5.53. The van der Waals surface area contributed by atoms with Gasteiger partial charge in [0.05, 0.1) is 6.61 Å². The molecule has 0 saturated heterocycles. The van der Waals surface area contributed by atoms with Gasteiger partial charge in [0.2, 0.25) is 0 Å². The van der Waals surface area contributed by atoms with Gasteiger partial charge in [-0.15, -0.1) is 0 Å². The van der Waals surface area contributed by atoms with Crippen molar-refractivity contribution in [3.8, 4) is 5.75 Å². The van der Waals surface area contributed by atoms with Crippen molar-refractivity contribution >= 4 is 0 Å². The number of ether oxygens (including phenoxy) is 1. The molecular formula is C16H23NO. The molecule has 2 heteroatoms. The lowest BCUT2D eigenvalue weighted by Crippen LogP contribution is -2.06. The number of fused-ring (bicyclic) bond motifs is 1. The minimum absolute atomic E-state index is 0.849. The van der Waals surface area contributed by atoms with Crippen LogP contribution in [0.2, 0.25) is 0 Å². The van der Waals surface area contributed by atoms with E-state index in [1.165, 1.54) is 16.7 Å². The number of benzene rings is 1. The summed E-state index contributed by atoms with van der Waals surface area (Å²) in [5.74, 6) is 1.08. The molecule has 0 fully saturated rings. The molecule has 1 heterocycles. The standard InChI is InChI=1S/C16H23NO/c1-13(4-3-10-17-2)5-6-14-7-8-16-15(12-14)9-11-18-16/h4,7-8,12,17H,3,5-6,9-11H2,1-2H3. The predicted octanol–water partition coefficient (Wildman–Crippen LogP) is 3.11. The molecule has 0 spiro atoms. The van der Waals surface area contributed by atoms with Crippen molar-refractivity contribution in [3.05, 3.63) is 41.0 Å². The zero-order valence-corrected chi connectivity index (χ0v) is 11.5. The topological polar surface area (TPSA) is 21.3 Å². The van der Waals surface area contributed by atoms with Gasteiger partial charge in [-0.05, 0) is 57.0 Å². The van der Waals surface area contributed by atoms with Gasteiger partial charge >= 0.3 is 0 Å². The molecule has 98 valence electrons. The lowest BCUT2D eigenvalue weighted by molar-refractivity contribution is 0.357. The van der Waals surface area contributed by atoms with E-state index >= 15 is 0 Å². The first kappa shape index (κ1) is 13.2. The summed E-state index contributed by atoms with van der Waals surface area (Å²) in [6.07, 6.45) is 6.83. The third-order valence-corrected chi connectivity index (χ3v) is 3.45. The van der Waals surface area contributed by atoms with E-state index in [-0.39, 0.29) is 0 Å². The molecule has 1 aromatic rings. The fourth-order valence-electron chi connectivity index (χ4n) is 2.30. The maximum absolute atomic E-state index is 5.53. The molecule has 0 aliphatic carbocycles. The van der Waals surface area contributed by atoms with Gasteiger partial charge in [0.25, 0.3) is 0 Å². The molecule has 0 atom stereocenters. The first-order valence-corrected chi connectivity index (χ1v) is 6.84. The monoisotopic (exact) mass is 245 g/mol. The Hall–Kier alpha value is -1.28. The number of hydrogen-bond acceptors (Lipinski definition) is 2. The van der Waals surface area contributed by atoms with Crippen molar-refractivity contribution in [1.82, 2.24) is 5.32 Å². The minimum atomic E-state index is 0.849. The summed E-state index contributed by atoms with van der Waals surface area (Å²) >= 11 is 0. The minimum Gasteiger partial charge on any atom is -0.493 e. The van der Waals surface area contributed by atoms with Crippen LogP contribution in [0.3, 0.4) is 0 Å².